The van der Waals surface area contributed by atoms with Crippen molar-refractivity contribution in [2.75, 3.05) is 0 Å². The van der Waals surface area contributed by atoms with Crippen molar-refractivity contribution in [3.63, 3.8) is 0 Å². The van der Waals surface area contributed by atoms with E-state index < -0.39 is 0 Å². The third-order valence-electron chi connectivity index (χ3n) is 3.07. The molecule has 1 aliphatic heterocycles. The van der Waals surface area contributed by atoms with Gasteiger partial charge >= 0.3 is 0 Å². The van der Waals surface area contributed by atoms with Gasteiger partial charge in [0.05, 0.1) is 0 Å². The largest absolute Gasteiger partial charge is 0.353 e. The summed E-state index contributed by atoms with van der Waals surface area (Å²) < 4.78 is 0. The SMILES string of the molecule is CC(C)C1CCC(=O)NC1C(C)C. The van der Waals surface area contributed by atoms with Crippen molar-refractivity contribution in [1.82, 2.24) is 5.32 Å². The molecule has 0 radical (unpaired) electrons. The van der Waals surface area contributed by atoms with Crippen LogP contribution in [0.15, 0.2) is 0 Å². The lowest BCUT2D eigenvalue weighted by Gasteiger charge is -2.37. The lowest BCUT2D eigenvalue weighted by Crippen LogP contribution is -2.49. The van der Waals surface area contributed by atoms with Crippen molar-refractivity contribution in [3.8, 4) is 0 Å². The summed E-state index contributed by atoms with van der Waals surface area (Å²) in [5, 5.41) is 3.11. The molecule has 2 heteroatoms. The normalized spacial score (nSPS) is 29.5. The molecule has 1 rings (SSSR count). The molecule has 76 valence electrons. The summed E-state index contributed by atoms with van der Waals surface area (Å²) in [5.74, 6) is 2.12. The maximum absolute atomic E-state index is 11.2. The third kappa shape index (κ3) is 2.45. The molecule has 2 atom stereocenters. The summed E-state index contributed by atoms with van der Waals surface area (Å²) in [4.78, 5) is 11.2. The maximum atomic E-state index is 11.2. The zero-order valence-corrected chi connectivity index (χ0v) is 9.13. The highest BCUT2D eigenvalue weighted by molar-refractivity contribution is 5.77. The van der Waals surface area contributed by atoms with Crippen molar-refractivity contribution >= 4 is 5.91 Å². The van der Waals surface area contributed by atoms with E-state index in [-0.39, 0.29) is 5.91 Å². The second-order valence-corrected chi connectivity index (χ2v) is 4.78. The molecule has 1 heterocycles. The average Bonchev–Trinajstić information content (AvgIpc) is 2.03. The highest BCUT2D eigenvalue weighted by atomic mass is 16.1. The summed E-state index contributed by atoms with van der Waals surface area (Å²) in [5.41, 5.74) is 0. The second kappa shape index (κ2) is 4.12. The number of hydrogen-bond donors (Lipinski definition) is 1. The summed E-state index contributed by atoms with van der Waals surface area (Å²) in [6.07, 6.45) is 1.78. The molecule has 0 bridgehead atoms. The van der Waals surface area contributed by atoms with Crippen LogP contribution in [0.1, 0.15) is 40.5 Å². The van der Waals surface area contributed by atoms with E-state index in [0.717, 1.165) is 6.42 Å². The first kappa shape index (κ1) is 10.6. The van der Waals surface area contributed by atoms with Gasteiger partial charge in [0.25, 0.3) is 0 Å². The van der Waals surface area contributed by atoms with Crippen molar-refractivity contribution in [2.45, 2.75) is 46.6 Å². The van der Waals surface area contributed by atoms with Gasteiger partial charge in [-0.1, -0.05) is 27.7 Å². The third-order valence-corrected chi connectivity index (χ3v) is 3.07. The first-order valence-electron chi connectivity index (χ1n) is 5.31. The fraction of sp³-hybridized carbons (Fsp3) is 0.909. The summed E-state index contributed by atoms with van der Waals surface area (Å²) >= 11 is 0. The fourth-order valence-corrected chi connectivity index (χ4v) is 2.25. The number of amides is 1. The van der Waals surface area contributed by atoms with Crippen molar-refractivity contribution < 1.29 is 4.79 Å². The molecule has 1 aliphatic rings. The van der Waals surface area contributed by atoms with Crippen molar-refractivity contribution in [2.24, 2.45) is 17.8 Å². The Morgan fingerprint density at radius 1 is 1.23 bits per heavy atom. The molecule has 2 unspecified atom stereocenters. The van der Waals surface area contributed by atoms with Gasteiger partial charge in [-0.2, -0.15) is 0 Å². The zero-order chi connectivity index (χ0) is 10.0. The minimum atomic E-state index is 0.232. The Hall–Kier alpha value is -0.530. The number of rotatable bonds is 2. The van der Waals surface area contributed by atoms with E-state index in [1.165, 1.54) is 0 Å². The second-order valence-electron chi connectivity index (χ2n) is 4.78. The Bertz CT molecular complexity index is 187. The molecule has 0 aliphatic carbocycles. The highest BCUT2D eigenvalue weighted by Crippen LogP contribution is 2.28. The van der Waals surface area contributed by atoms with Crippen LogP contribution in [0.4, 0.5) is 0 Å². The highest BCUT2D eigenvalue weighted by Gasteiger charge is 2.32. The minimum absolute atomic E-state index is 0.232. The van der Waals surface area contributed by atoms with Crippen molar-refractivity contribution in [1.29, 1.82) is 0 Å². The maximum Gasteiger partial charge on any atom is 0.220 e. The van der Waals surface area contributed by atoms with Gasteiger partial charge in [-0.05, 0) is 24.2 Å². The average molecular weight is 183 g/mol. The van der Waals surface area contributed by atoms with E-state index in [0.29, 0.717) is 30.2 Å². The Morgan fingerprint density at radius 3 is 2.31 bits per heavy atom. The number of hydrogen-bond acceptors (Lipinski definition) is 1. The van der Waals surface area contributed by atoms with Crippen LogP contribution < -0.4 is 5.32 Å². The molecule has 13 heavy (non-hydrogen) atoms. The van der Waals surface area contributed by atoms with E-state index in [4.69, 9.17) is 0 Å². The Kier molecular flexibility index (Phi) is 3.34. The lowest BCUT2D eigenvalue weighted by molar-refractivity contribution is -0.125. The Balaban J connectivity index is 2.66. The number of carbonyl (C=O) groups is 1. The van der Waals surface area contributed by atoms with Crippen LogP contribution in [-0.4, -0.2) is 11.9 Å². The van der Waals surface area contributed by atoms with E-state index in [1.54, 1.807) is 0 Å². The van der Waals surface area contributed by atoms with Crippen LogP contribution in [-0.2, 0) is 4.79 Å². The van der Waals surface area contributed by atoms with Crippen LogP contribution in [0.3, 0.4) is 0 Å². The topological polar surface area (TPSA) is 29.1 Å². The van der Waals surface area contributed by atoms with Crippen LogP contribution in [0.5, 0.6) is 0 Å². The van der Waals surface area contributed by atoms with Crippen molar-refractivity contribution in [3.05, 3.63) is 0 Å². The predicted molar refractivity (Wildman–Crippen MR) is 54.3 cm³/mol. The van der Waals surface area contributed by atoms with E-state index in [2.05, 4.69) is 33.0 Å². The molecule has 0 aromatic carbocycles. The number of nitrogens with one attached hydrogen (secondary N) is 1. The number of carbonyl (C=O) groups excluding carboxylic acids is 1. The first-order valence-corrected chi connectivity index (χ1v) is 5.31. The quantitative estimate of drug-likeness (QED) is 0.698. The molecule has 0 aromatic heterocycles. The smallest absolute Gasteiger partial charge is 0.220 e. The summed E-state index contributed by atoms with van der Waals surface area (Å²) in [6.45, 7) is 8.87. The molecular weight excluding hydrogens is 162 g/mol. The van der Waals surface area contributed by atoms with Crippen LogP contribution in [0.2, 0.25) is 0 Å². The molecular formula is C11H21NO. The molecule has 1 saturated heterocycles. The summed E-state index contributed by atoms with van der Waals surface area (Å²) in [7, 11) is 0. The molecule has 1 amide bonds. The molecule has 0 saturated carbocycles. The van der Waals surface area contributed by atoms with Gasteiger partial charge < -0.3 is 5.32 Å². The van der Waals surface area contributed by atoms with Gasteiger partial charge in [-0.25, -0.2) is 0 Å². The molecule has 0 spiro atoms. The molecule has 1 fully saturated rings. The minimum Gasteiger partial charge on any atom is -0.353 e. The van der Waals surface area contributed by atoms with E-state index >= 15 is 0 Å². The lowest BCUT2D eigenvalue weighted by atomic mass is 9.77. The van der Waals surface area contributed by atoms with Gasteiger partial charge in [-0.15, -0.1) is 0 Å². The van der Waals surface area contributed by atoms with Gasteiger partial charge in [0.15, 0.2) is 0 Å². The van der Waals surface area contributed by atoms with Crippen LogP contribution >= 0.6 is 0 Å². The molecule has 2 nitrogen and oxygen atoms in total. The van der Waals surface area contributed by atoms with Crippen LogP contribution in [0, 0.1) is 17.8 Å². The number of piperidine rings is 1. The molecule has 1 N–H and O–H groups in total. The zero-order valence-electron chi connectivity index (χ0n) is 9.13. The first-order chi connectivity index (χ1) is 6.02. The van der Waals surface area contributed by atoms with Crippen LogP contribution in [0.25, 0.3) is 0 Å². The molecule has 0 aromatic rings. The van der Waals surface area contributed by atoms with Gasteiger partial charge in [-0.3, -0.25) is 4.79 Å². The Morgan fingerprint density at radius 2 is 1.85 bits per heavy atom. The predicted octanol–water partition coefficient (Wildman–Crippen LogP) is 2.19. The van der Waals surface area contributed by atoms with Gasteiger partial charge in [0, 0.05) is 12.5 Å². The summed E-state index contributed by atoms with van der Waals surface area (Å²) in [6, 6.07) is 0.390. The fourth-order valence-electron chi connectivity index (χ4n) is 2.25. The van der Waals surface area contributed by atoms with E-state index in [1.807, 2.05) is 0 Å². The Labute approximate surface area is 81.1 Å². The standard InChI is InChI=1S/C11H21NO/c1-7(2)9-5-6-10(13)12-11(9)8(3)4/h7-9,11H,5-6H2,1-4H3,(H,12,13). The monoisotopic (exact) mass is 183 g/mol. The van der Waals surface area contributed by atoms with E-state index in [9.17, 15) is 4.79 Å². The van der Waals surface area contributed by atoms with Gasteiger partial charge in [0.1, 0.15) is 0 Å². The van der Waals surface area contributed by atoms with Gasteiger partial charge in [0.2, 0.25) is 5.91 Å².